The van der Waals surface area contributed by atoms with Crippen LogP contribution >= 0.6 is 0 Å². The largest absolute Gasteiger partial charge is 0.327 e. The second-order valence-electron chi connectivity index (χ2n) is 6.00. The lowest BCUT2D eigenvalue weighted by molar-refractivity contribution is 0.264. The minimum absolute atomic E-state index is 0.163. The molecule has 1 aliphatic rings. The molecule has 0 amide bonds. The van der Waals surface area contributed by atoms with Gasteiger partial charge in [0.2, 0.25) is 0 Å². The summed E-state index contributed by atoms with van der Waals surface area (Å²) in [4.78, 5) is 6.76. The Morgan fingerprint density at radius 1 is 1.36 bits per heavy atom. The number of nitrogens with two attached hydrogens (primary N) is 1. The topological polar surface area (TPSA) is 93.6 Å². The fraction of sp³-hybridized carbons (Fsp3) is 0.571. The fourth-order valence-electron chi connectivity index (χ4n) is 2.89. The molecule has 1 fully saturated rings. The van der Waals surface area contributed by atoms with Gasteiger partial charge in [0.1, 0.15) is 4.90 Å². The van der Waals surface area contributed by atoms with Crippen LogP contribution in [-0.2, 0) is 16.4 Å². The van der Waals surface area contributed by atoms with Gasteiger partial charge in [-0.25, -0.2) is 17.9 Å². The Kier molecular flexibility index (Phi) is 4.16. The molecule has 0 aliphatic carbocycles. The van der Waals surface area contributed by atoms with Gasteiger partial charge in [0.15, 0.2) is 15.5 Å². The van der Waals surface area contributed by atoms with Gasteiger partial charge < -0.3 is 5.73 Å². The number of rotatable bonds is 3. The molecule has 0 unspecified atom stereocenters. The first kappa shape index (κ1) is 15.4. The Morgan fingerprint density at radius 3 is 2.95 bits per heavy atom. The third-order valence-electron chi connectivity index (χ3n) is 3.98. The van der Waals surface area contributed by atoms with Gasteiger partial charge >= 0.3 is 0 Å². The van der Waals surface area contributed by atoms with E-state index in [0.717, 1.165) is 44.3 Å². The van der Waals surface area contributed by atoms with E-state index in [2.05, 4.69) is 15.0 Å². The molecule has 0 saturated carbocycles. The number of fused-ring (bicyclic) bond motifs is 1. The van der Waals surface area contributed by atoms with Gasteiger partial charge in [-0.3, -0.25) is 4.90 Å². The Balaban J connectivity index is 1.83. The van der Waals surface area contributed by atoms with Crippen LogP contribution in [0.5, 0.6) is 0 Å². The zero-order valence-corrected chi connectivity index (χ0v) is 13.5. The van der Waals surface area contributed by atoms with Crippen LogP contribution in [0.25, 0.3) is 5.65 Å². The molecule has 0 aromatic carbocycles. The van der Waals surface area contributed by atoms with Crippen LogP contribution in [0.2, 0.25) is 0 Å². The smallest absolute Gasteiger partial charge is 0.180 e. The van der Waals surface area contributed by atoms with E-state index in [1.807, 2.05) is 6.20 Å². The molecule has 120 valence electrons. The zero-order chi connectivity index (χ0) is 15.7. The van der Waals surface area contributed by atoms with Gasteiger partial charge in [-0.2, -0.15) is 5.10 Å². The van der Waals surface area contributed by atoms with E-state index >= 15 is 0 Å². The molecule has 2 aromatic heterocycles. The maximum absolute atomic E-state index is 11.7. The zero-order valence-electron chi connectivity index (χ0n) is 12.6. The van der Waals surface area contributed by atoms with E-state index < -0.39 is 9.84 Å². The van der Waals surface area contributed by atoms with Crippen LogP contribution in [0.3, 0.4) is 0 Å². The maximum atomic E-state index is 11.7. The highest BCUT2D eigenvalue weighted by Gasteiger charge is 2.18. The predicted octanol–water partition coefficient (Wildman–Crippen LogP) is 0.446. The van der Waals surface area contributed by atoms with Crippen LogP contribution in [0, 0.1) is 0 Å². The Bertz CT molecular complexity index is 771. The van der Waals surface area contributed by atoms with E-state index in [4.69, 9.17) is 5.73 Å². The summed E-state index contributed by atoms with van der Waals surface area (Å²) >= 11 is 0. The first-order chi connectivity index (χ1) is 10.4. The van der Waals surface area contributed by atoms with Gasteiger partial charge in [0.25, 0.3) is 0 Å². The number of hydrogen-bond donors (Lipinski definition) is 1. The molecular weight excluding hydrogens is 302 g/mol. The van der Waals surface area contributed by atoms with Crippen molar-refractivity contribution in [1.29, 1.82) is 0 Å². The first-order valence-corrected chi connectivity index (χ1v) is 9.33. The van der Waals surface area contributed by atoms with Crippen LogP contribution in [0.1, 0.15) is 24.8 Å². The average Bonchev–Trinajstić information content (AvgIpc) is 2.76. The minimum Gasteiger partial charge on any atom is -0.327 e. The second kappa shape index (κ2) is 5.94. The molecule has 3 heterocycles. The van der Waals surface area contributed by atoms with Crippen molar-refractivity contribution in [1.82, 2.24) is 19.5 Å². The first-order valence-electron chi connectivity index (χ1n) is 7.44. The molecule has 3 rings (SSSR count). The summed E-state index contributed by atoms with van der Waals surface area (Å²) < 4.78 is 24.9. The average molecular weight is 323 g/mol. The monoisotopic (exact) mass is 323 g/mol. The summed E-state index contributed by atoms with van der Waals surface area (Å²) in [5.41, 5.74) is 7.46. The minimum atomic E-state index is -3.31. The van der Waals surface area contributed by atoms with Crippen molar-refractivity contribution in [3.8, 4) is 0 Å². The van der Waals surface area contributed by atoms with E-state index in [9.17, 15) is 8.42 Å². The lowest BCUT2D eigenvalue weighted by Crippen LogP contribution is -2.35. The second-order valence-corrected chi connectivity index (χ2v) is 7.99. The Morgan fingerprint density at radius 2 is 2.18 bits per heavy atom. The Hall–Kier alpha value is -1.51. The van der Waals surface area contributed by atoms with Crippen molar-refractivity contribution in [2.24, 2.45) is 5.73 Å². The molecule has 1 saturated heterocycles. The van der Waals surface area contributed by atoms with E-state index in [1.54, 1.807) is 6.20 Å². The van der Waals surface area contributed by atoms with Crippen molar-refractivity contribution >= 4 is 15.5 Å². The van der Waals surface area contributed by atoms with Gasteiger partial charge in [0, 0.05) is 43.3 Å². The molecule has 0 radical (unpaired) electrons. The summed E-state index contributed by atoms with van der Waals surface area (Å²) in [6, 6.07) is 0.223. The molecule has 0 bridgehead atoms. The maximum Gasteiger partial charge on any atom is 0.180 e. The standard InChI is InChI=1S/C14H21N5O2S/c1-22(20,21)13-7-17-19-9-11(6-16-14(13)19)8-18-5-3-2-4-12(15)10-18/h6-7,9,12H,2-5,8,10,15H2,1H3/t12-/m0/s1. The van der Waals surface area contributed by atoms with Crippen molar-refractivity contribution in [3.63, 3.8) is 0 Å². The number of sulfone groups is 1. The molecule has 7 nitrogen and oxygen atoms in total. The van der Waals surface area contributed by atoms with E-state index in [-0.39, 0.29) is 10.9 Å². The molecule has 2 N–H and O–H groups in total. The molecular formula is C14H21N5O2S. The van der Waals surface area contributed by atoms with E-state index in [1.165, 1.54) is 17.1 Å². The number of nitrogens with zero attached hydrogens (tertiary/aromatic N) is 4. The highest BCUT2D eigenvalue weighted by Crippen LogP contribution is 2.16. The summed E-state index contributed by atoms with van der Waals surface area (Å²) in [7, 11) is -3.31. The molecule has 1 atom stereocenters. The van der Waals surface area contributed by atoms with Gasteiger partial charge in [-0.15, -0.1) is 0 Å². The summed E-state index contributed by atoms with van der Waals surface area (Å²) in [5, 5.41) is 4.10. The van der Waals surface area contributed by atoms with E-state index in [0.29, 0.717) is 5.65 Å². The highest BCUT2D eigenvalue weighted by atomic mass is 32.2. The van der Waals surface area contributed by atoms with Crippen LogP contribution in [-0.4, -0.2) is 53.3 Å². The van der Waals surface area contributed by atoms with Gasteiger partial charge in [0.05, 0.1) is 6.20 Å². The van der Waals surface area contributed by atoms with Gasteiger partial charge in [-0.1, -0.05) is 6.42 Å². The van der Waals surface area contributed by atoms with Crippen molar-refractivity contribution in [3.05, 3.63) is 24.2 Å². The Labute approximate surface area is 130 Å². The SMILES string of the molecule is CS(=O)(=O)c1cnn2cc(CN3CCCC[C@H](N)C3)cnc12. The van der Waals surface area contributed by atoms with Crippen LogP contribution in [0.15, 0.2) is 23.5 Å². The van der Waals surface area contributed by atoms with Gasteiger partial charge in [-0.05, 0) is 19.4 Å². The number of aromatic nitrogens is 3. The number of hydrogen-bond acceptors (Lipinski definition) is 6. The predicted molar refractivity (Wildman–Crippen MR) is 83.2 cm³/mol. The quantitative estimate of drug-likeness (QED) is 0.881. The number of likely N-dealkylation sites (tertiary alicyclic amines) is 1. The van der Waals surface area contributed by atoms with Crippen LogP contribution < -0.4 is 5.73 Å². The summed E-state index contributed by atoms with van der Waals surface area (Å²) in [6.45, 7) is 2.66. The van der Waals surface area contributed by atoms with Crippen molar-refractivity contribution in [2.45, 2.75) is 36.7 Å². The lowest BCUT2D eigenvalue weighted by atomic mass is 10.2. The molecule has 2 aromatic rings. The summed E-state index contributed by atoms with van der Waals surface area (Å²) in [5.74, 6) is 0. The molecule has 1 aliphatic heterocycles. The third-order valence-corrected chi connectivity index (χ3v) is 5.06. The summed E-state index contributed by atoms with van der Waals surface area (Å²) in [6.07, 6.45) is 9.48. The molecule has 8 heteroatoms. The fourth-order valence-corrected chi connectivity index (χ4v) is 3.61. The normalized spacial score (nSPS) is 21.1. The lowest BCUT2D eigenvalue weighted by Gasteiger charge is -2.22. The molecule has 0 spiro atoms. The molecule has 22 heavy (non-hydrogen) atoms. The van der Waals surface area contributed by atoms with Crippen molar-refractivity contribution in [2.75, 3.05) is 19.3 Å². The third kappa shape index (κ3) is 3.29. The highest BCUT2D eigenvalue weighted by molar-refractivity contribution is 7.90. The van der Waals surface area contributed by atoms with Crippen molar-refractivity contribution < 1.29 is 8.42 Å². The van der Waals surface area contributed by atoms with Crippen LogP contribution in [0.4, 0.5) is 0 Å².